The van der Waals surface area contributed by atoms with Crippen LogP contribution in [0.5, 0.6) is 0 Å². The monoisotopic (exact) mass is 490 g/mol. The molecule has 1 fully saturated rings. The number of para-hydroxylation sites is 1. The topological polar surface area (TPSA) is 64.7 Å². The summed E-state index contributed by atoms with van der Waals surface area (Å²) >= 11 is 1.61. The Kier molecular flexibility index (Phi) is 6.90. The van der Waals surface area contributed by atoms with Gasteiger partial charge in [-0.15, -0.1) is 0 Å². The first-order chi connectivity index (χ1) is 17.1. The molecular weight excluding hydrogens is 463 g/mol. The molecule has 2 aliphatic heterocycles. The largest absolute Gasteiger partial charge is 0.371 e. The Morgan fingerprint density at radius 2 is 1.69 bits per heavy atom. The van der Waals surface area contributed by atoms with Gasteiger partial charge in [-0.3, -0.25) is 9.59 Å². The Labute approximate surface area is 208 Å². The van der Waals surface area contributed by atoms with E-state index in [1.807, 2.05) is 35.2 Å². The van der Waals surface area contributed by atoms with Crippen molar-refractivity contribution >= 4 is 40.6 Å². The molecule has 5 rings (SSSR count). The standard InChI is InChI=1S/C27H27FN4O2S/c28-21-9-6-19(7-10-21)17-35-18-25-26(33)30-24-16-20(8-11-23(24)29-25)27(34)32-14-12-31(13-15-32)22-4-2-1-3-5-22/h1-11,16,25,29H,12-15,17-18H2,(H,30,33). The maximum Gasteiger partial charge on any atom is 0.254 e. The Hall–Kier alpha value is -3.52. The average Bonchev–Trinajstić information content (AvgIpc) is 2.90. The smallest absolute Gasteiger partial charge is 0.254 e. The minimum atomic E-state index is -0.374. The molecule has 6 nitrogen and oxygen atoms in total. The van der Waals surface area contributed by atoms with E-state index < -0.39 is 0 Å². The van der Waals surface area contributed by atoms with E-state index in [0.29, 0.717) is 35.8 Å². The fourth-order valence-electron chi connectivity index (χ4n) is 4.36. The summed E-state index contributed by atoms with van der Waals surface area (Å²) in [6.07, 6.45) is 0. The number of anilines is 3. The summed E-state index contributed by atoms with van der Waals surface area (Å²) in [5.41, 5.74) is 4.20. The first kappa shape index (κ1) is 23.2. The second kappa shape index (κ2) is 10.4. The van der Waals surface area contributed by atoms with Crippen LogP contribution < -0.4 is 15.5 Å². The van der Waals surface area contributed by atoms with Crippen molar-refractivity contribution in [3.63, 3.8) is 0 Å². The van der Waals surface area contributed by atoms with Crippen molar-refractivity contribution < 1.29 is 14.0 Å². The SMILES string of the molecule is O=C1Nc2cc(C(=O)N3CCN(c4ccccc4)CC3)ccc2NC1CSCc1ccc(F)cc1. The van der Waals surface area contributed by atoms with Gasteiger partial charge in [-0.05, 0) is 48.0 Å². The molecule has 8 heteroatoms. The van der Waals surface area contributed by atoms with Gasteiger partial charge in [0, 0.05) is 48.9 Å². The van der Waals surface area contributed by atoms with Crippen LogP contribution in [0.4, 0.5) is 21.5 Å². The molecule has 0 aromatic heterocycles. The van der Waals surface area contributed by atoms with Gasteiger partial charge in [-0.1, -0.05) is 30.3 Å². The minimum Gasteiger partial charge on any atom is -0.371 e. The molecule has 0 bridgehead atoms. The summed E-state index contributed by atoms with van der Waals surface area (Å²) in [6.45, 7) is 2.89. The minimum absolute atomic E-state index is 0.0215. The average molecular weight is 491 g/mol. The zero-order valence-corrected chi connectivity index (χ0v) is 20.1. The molecule has 0 spiro atoms. The van der Waals surface area contributed by atoms with Gasteiger partial charge in [0.05, 0.1) is 11.4 Å². The highest BCUT2D eigenvalue weighted by atomic mass is 32.2. The van der Waals surface area contributed by atoms with E-state index in [2.05, 4.69) is 27.7 Å². The van der Waals surface area contributed by atoms with Gasteiger partial charge in [-0.25, -0.2) is 4.39 Å². The van der Waals surface area contributed by atoms with Crippen LogP contribution in [-0.4, -0.2) is 54.7 Å². The second-order valence-electron chi connectivity index (χ2n) is 8.70. The molecule has 3 aromatic carbocycles. The molecule has 2 heterocycles. The van der Waals surface area contributed by atoms with Gasteiger partial charge >= 0.3 is 0 Å². The van der Waals surface area contributed by atoms with E-state index in [4.69, 9.17) is 0 Å². The number of halogens is 1. The molecular formula is C27H27FN4O2S. The molecule has 0 radical (unpaired) electrons. The lowest BCUT2D eigenvalue weighted by molar-refractivity contribution is -0.116. The van der Waals surface area contributed by atoms with Crippen LogP contribution in [0.1, 0.15) is 15.9 Å². The predicted molar refractivity (Wildman–Crippen MR) is 140 cm³/mol. The van der Waals surface area contributed by atoms with Gasteiger partial charge in [0.15, 0.2) is 0 Å². The van der Waals surface area contributed by atoms with Gasteiger partial charge in [0.25, 0.3) is 5.91 Å². The summed E-state index contributed by atoms with van der Waals surface area (Å²) in [7, 11) is 0. The Bertz CT molecular complexity index is 1200. The summed E-state index contributed by atoms with van der Waals surface area (Å²) in [6, 6.07) is 21.7. The molecule has 0 aliphatic carbocycles. The highest BCUT2D eigenvalue weighted by Crippen LogP contribution is 2.30. The molecule has 1 saturated heterocycles. The zero-order chi connectivity index (χ0) is 24.2. The highest BCUT2D eigenvalue weighted by Gasteiger charge is 2.27. The first-order valence-electron chi connectivity index (χ1n) is 11.7. The van der Waals surface area contributed by atoms with Gasteiger partial charge in [0.1, 0.15) is 11.9 Å². The highest BCUT2D eigenvalue weighted by molar-refractivity contribution is 7.98. The van der Waals surface area contributed by atoms with Crippen LogP contribution in [0.25, 0.3) is 0 Å². The number of carbonyl (C=O) groups is 2. The van der Waals surface area contributed by atoms with Crippen molar-refractivity contribution in [2.24, 2.45) is 0 Å². The fourth-order valence-corrected chi connectivity index (χ4v) is 5.38. The lowest BCUT2D eigenvalue weighted by atomic mass is 10.1. The number of nitrogens with one attached hydrogen (secondary N) is 2. The maximum absolute atomic E-state index is 13.1. The van der Waals surface area contributed by atoms with Crippen LogP contribution in [0.2, 0.25) is 0 Å². The van der Waals surface area contributed by atoms with E-state index in [1.165, 1.54) is 17.8 Å². The molecule has 2 amide bonds. The molecule has 0 saturated carbocycles. The molecule has 1 atom stereocenters. The summed E-state index contributed by atoms with van der Waals surface area (Å²) in [4.78, 5) is 29.9. The number of amides is 2. The lowest BCUT2D eigenvalue weighted by Gasteiger charge is -2.36. The third-order valence-electron chi connectivity index (χ3n) is 6.33. The number of carbonyl (C=O) groups excluding carboxylic acids is 2. The molecule has 3 aromatic rings. The van der Waals surface area contributed by atoms with Crippen molar-refractivity contribution in [1.82, 2.24) is 4.90 Å². The van der Waals surface area contributed by atoms with E-state index in [0.717, 1.165) is 24.3 Å². The lowest BCUT2D eigenvalue weighted by Crippen LogP contribution is -2.48. The van der Waals surface area contributed by atoms with Crippen molar-refractivity contribution in [1.29, 1.82) is 0 Å². The van der Waals surface area contributed by atoms with Crippen molar-refractivity contribution in [3.05, 3.63) is 89.7 Å². The van der Waals surface area contributed by atoms with Crippen LogP contribution in [0.15, 0.2) is 72.8 Å². The maximum atomic E-state index is 13.1. The normalized spacial score (nSPS) is 17.4. The number of hydrogen-bond acceptors (Lipinski definition) is 5. The quantitative estimate of drug-likeness (QED) is 0.534. The first-order valence-corrected chi connectivity index (χ1v) is 12.9. The Balaban J connectivity index is 1.16. The number of hydrogen-bond donors (Lipinski definition) is 2. The molecule has 2 N–H and O–H groups in total. The van der Waals surface area contributed by atoms with Crippen molar-refractivity contribution in [2.75, 3.05) is 47.5 Å². The molecule has 1 unspecified atom stereocenters. The van der Waals surface area contributed by atoms with Crippen molar-refractivity contribution in [3.8, 4) is 0 Å². The van der Waals surface area contributed by atoms with E-state index in [-0.39, 0.29) is 23.7 Å². The molecule has 35 heavy (non-hydrogen) atoms. The number of piperazine rings is 1. The summed E-state index contributed by atoms with van der Waals surface area (Å²) < 4.78 is 13.1. The van der Waals surface area contributed by atoms with Gasteiger partial charge in [-0.2, -0.15) is 11.8 Å². The second-order valence-corrected chi connectivity index (χ2v) is 9.73. The van der Waals surface area contributed by atoms with Gasteiger partial charge < -0.3 is 20.4 Å². The summed E-state index contributed by atoms with van der Waals surface area (Å²) in [5.74, 6) is 0.881. The van der Waals surface area contributed by atoms with Crippen LogP contribution in [0, 0.1) is 5.82 Å². The Morgan fingerprint density at radius 1 is 0.943 bits per heavy atom. The number of rotatable bonds is 6. The third kappa shape index (κ3) is 5.43. The number of benzene rings is 3. The number of fused-ring (bicyclic) bond motifs is 1. The van der Waals surface area contributed by atoms with E-state index in [9.17, 15) is 14.0 Å². The predicted octanol–water partition coefficient (Wildman–Crippen LogP) is 4.45. The van der Waals surface area contributed by atoms with Crippen molar-refractivity contribution in [2.45, 2.75) is 11.8 Å². The Morgan fingerprint density at radius 3 is 2.43 bits per heavy atom. The van der Waals surface area contributed by atoms with E-state index >= 15 is 0 Å². The van der Waals surface area contributed by atoms with Crippen LogP contribution in [-0.2, 0) is 10.5 Å². The number of thioether (sulfide) groups is 1. The summed E-state index contributed by atoms with van der Waals surface area (Å²) in [5, 5.41) is 6.24. The fraction of sp³-hybridized carbons (Fsp3) is 0.259. The van der Waals surface area contributed by atoms with E-state index in [1.54, 1.807) is 30.0 Å². The van der Waals surface area contributed by atoms with Gasteiger partial charge in [0.2, 0.25) is 5.91 Å². The third-order valence-corrected chi connectivity index (χ3v) is 7.43. The number of nitrogens with zero attached hydrogens (tertiary/aromatic N) is 2. The van der Waals surface area contributed by atoms with Crippen LogP contribution >= 0.6 is 11.8 Å². The molecule has 180 valence electrons. The molecule has 2 aliphatic rings. The zero-order valence-electron chi connectivity index (χ0n) is 19.2. The van der Waals surface area contributed by atoms with Crippen LogP contribution in [0.3, 0.4) is 0 Å².